The molecule has 2 aromatic carbocycles. The maximum atomic E-state index is 16.9. The number of aromatic hydroxyl groups is 1. The van der Waals surface area contributed by atoms with Gasteiger partial charge in [-0.15, -0.1) is 0 Å². The lowest BCUT2D eigenvalue weighted by Gasteiger charge is -2.35. The number of aryl methyl sites for hydroxylation is 1. The van der Waals surface area contributed by atoms with E-state index in [0.29, 0.717) is 66.7 Å². The summed E-state index contributed by atoms with van der Waals surface area (Å²) in [6.45, 7) is 4.75. The van der Waals surface area contributed by atoms with Crippen LogP contribution in [-0.2, 0) is 11.2 Å². The lowest BCUT2D eigenvalue weighted by molar-refractivity contribution is 0.0774. The van der Waals surface area contributed by atoms with Crippen LogP contribution in [0.3, 0.4) is 0 Å². The molecular weight excluding hydrogens is 575 g/mol. The fraction of sp³-hybridized carbons (Fsp3) is 0.469. The molecule has 0 bridgehead atoms. The minimum absolute atomic E-state index is 0.0220. The molecule has 4 aliphatic heterocycles. The Balaban J connectivity index is 1.33. The summed E-state index contributed by atoms with van der Waals surface area (Å²) in [5.41, 5.74) is -0.0138. The normalized spacial score (nSPS) is 24.8. The predicted octanol–water partition coefficient (Wildman–Crippen LogP) is 4.94. The van der Waals surface area contributed by atoms with Crippen LogP contribution in [-0.4, -0.2) is 88.8 Å². The zero-order valence-corrected chi connectivity index (χ0v) is 24.3. The number of hydrogen-bond acceptors (Lipinski definition) is 9. The summed E-state index contributed by atoms with van der Waals surface area (Å²) in [5.74, 6) is -0.743. The second-order valence-corrected chi connectivity index (χ2v) is 12.2. The molecule has 6 heterocycles. The number of aromatic nitrogens is 3. The van der Waals surface area contributed by atoms with Crippen molar-refractivity contribution in [2.75, 3.05) is 51.0 Å². The smallest absolute Gasteiger partial charge is 0.319 e. The number of fused-ring (bicyclic) bond motifs is 4. The maximum absolute atomic E-state index is 16.9. The Morgan fingerprint density at radius 2 is 2.00 bits per heavy atom. The van der Waals surface area contributed by atoms with Gasteiger partial charge in [0.1, 0.15) is 53.4 Å². The number of hydrogen-bond donors (Lipinski definition) is 1. The van der Waals surface area contributed by atoms with E-state index >= 15 is 8.78 Å². The van der Waals surface area contributed by atoms with Gasteiger partial charge in [-0.1, -0.05) is 13.0 Å². The number of alkyl halides is 1. The first-order chi connectivity index (χ1) is 21.3. The van der Waals surface area contributed by atoms with Crippen molar-refractivity contribution in [3.8, 4) is 28.9 Å². The molecule has 0 saturated carbocycles. The Morgan fingerprint density at radius 3 is 2.86 bits per heavy atom. The standard InChI is InChI=1S/C32H32F3N5O4/c1-2-21-23(34)5-4-17-10-20(41)11-22(24(17)21)27-26(35)28-25-29(40-8-9-42-14-19(40)15-43-30(25)36-27)38-31(37-28)44-16-32-6-3-7-39(32)13-18(33)12-32/h4-5,10-11,18-19,41H,2-3,6-9,12-16H2,1H3/t18-,19?,32+/m1/s1. The van der Waals surface area contributed by atoms with E-state index in [1.165, 1.54) is 18.2 Å². The van der Waals surface area contributed by atoms with Crippen molar-refractivity contribution in [1.29, 1.82) is 0 Å². The molecule has 8 rings (SSSR count). The largest absolute Gasteiger partial charge is 0.508 e. The Labute approximate surface area is 251 Å². The number of rotatable bonds is 5. The summed E-state index contributed by atoms with van der Waals surface area (Å²) in [4.78, 5) is 18.1. The fourth-order valence-electron chi connectivity index (χ4n) is 7.59. The molecule has 0 radical (unpaired) electrons. The van der Waals surface area contributed by atoms with E-state index in [2.05, 4.69) is 14.9 Å². The minimum atomic E-state index is -0.920. The third kappa shape index (κ3) is 4.25. The molecular formula is C32H32F3N5O4. The first-order valence-corrected chi connectivity index (χ1v) is 15.2. The van der Waals surface area contributed by atoms with Crippen molar-refractivity contribution in [1.82, 2.24) is 19.9 Å². The molecule has 230 valence electrons. The quantitative estimate of drug-likeness (QED) is 0.339. The van der Waals surface area contributed by atoms with Gasteiger partial charge in [-0.3, -0.25) is 4.90 Å². The van der Waals surface area contributed by atoms with E-state index in [1.54, 1.807) is 6.07 Å². The molecule has 3 fully saturated rings. The Kier molecular flexibility index (Phi) is 6.49. The number of halogens is 3. The number of ether oxygens (including phenoxy) is 3. The highest BCUT2D eigenvalue weighted by molar-refractivity contribution is 6.03. The molecule has 9 nitrogen and oxygen atoms in total. The Hall–Kier alpha value is -3.90. The second kappa shape index (κ2) is 10.3. The first kappa shape index (κ1) is 27.6. The lowest BCUT2D eigenvalue weighted by Crippen LogP contribution is -2.48. The van der Waals surface area contributed by atoms with Crippen LogP contribution in [0.2, 0.25) is 0 Å². The zero-order chi connectivity index (χ0) is 30.2. The van der Waals surface area contributed by atoms with Gasteiger partial charge in [0.25, 0.3) is 0 Å². The first-order valence-electron chi connectivity index (χ1n) is 15.2. The van der Waals surface area contributed by atoms with Gasteiger partial charge in [-0.25, -0.2) is 18.2 Å². The van der Waals surface area contributed by atoms with Gasteiger partial charge >= 0.3 is 6.01 Å². The van der Waals surface area contributed by atoms with E-state index in [1.807, 2.05) is 11.8 Å². The SMILES string of the molecule is CCc1c(F)ccc2cc(O)cc(-c3nc4c5c(nc(OC[C@@]67CCCN6C[C@H](F)C7)nc5c3F)N3CCOCC3CO4)c12. The van der Waals surface area contributed by atoms with Gasteiger partial charge in [-0.05, 0) is 60.3 Å². The molecule has 3 saturated heterocycles. The average Bonchev–Trinajstić information content (AvgIpc) is 3.49. The molecule has 0 aliphatic carbocycles. The van der Waals surface area contributed by atoms with Crippen LogP contribution in [0.5, 0.6) is 17.6 Å². The number of benzene rings is 2. The van der Waals surface area contributed by atoms with E-state index in [0.717, 1.165) is 19.4 Å². The number of phenols is 1. The molecule has 4 aromatic rings. The van der Waals surface area contributed by atoms with Crippen LogP contribution in [0.15, 0.2) is 24.3 Å². The molecule has 0 spiro atoms. The fourth-order valence-corrected chi connectivity index (χ4v) is 7.59. The van der Waals surface area contributed by atoms with Gasteiger partial charge in [-0.2, -0.15) is 9.97 Å². The highest BCUT2D eigenvalue weighted by Crippen LogP contribution is 2.44. The summed E-state index contributed by atoms with van der Waals surface area (Å²) < 4.78 is 64.4. The molecule has 1 N–H and O–H groups in total. The maximum Gasteiger partial charge on any atom is 0.319 e. The van der Waals surface area contributed by atoms with Crippen molar-refractivity contribution in [3.05, 3.63) is 41.5 Å². The minimum Gasteiger partial charge on any atom is -0.508 e. The van der Waals surface area contributed by atoms with Crippen LogP contribution in [0.4, 0.5) is 19.0 Å². The zero-order valence-electron chi connectivity index (χ0n) is 24.3. The summed E-state index contributed by atoms with van der Waals surface area (Å²) >= 11 is 0. The predicted molar refractivity (Wildman–Crippen MR) is 157 cm³/mol. The summed E-state index contributed by atoms with van der Waals surface area (Å²) in [5, 5.41) is 11.9. The summed E-state index contributed by atoms with van der Waals surface area (Å²) in [6.07, 6.45) is 1.56. The Bertz CT molecular complexity index is 1810. The van der Waals surface area contributed by atoms with Crippen molar-refractivity contribution < 1.29 is 32.5 Å². The summed E-state index contributed by atoms with van der Waals surface area (Å²) in [6, 6.07) is 5.57. The van der Waals surface area contributed by atoms with Crippen LogP contribution in [0, 0.1) is 11.6 Å². The second-order valence-electron chi connectivity index (χ2n) is 12.2. The highest BCUT2D eigenvalue weighted by Gasteiger charge is 2.49. The van der Waals surface area contributed by atoms with Crippen LogP contribution < -0.4 is 14.4 Å². The highest BCUT2D eigenvalue weighted by atomic mass is 19.1. The number of morpholine rings is 1. The van der Waals surface area contributed by atoms with Crippen LogP contribution in [0.25, 0.3) is 32.9 Å². The van der Waals surface area contributed by atoms with Gasteiger partial charge in [0.2, 0.25) is 5.88 Å². The topological polar surface area (TPSA) is 93.1 Å². The number of nitrogens with zero attached hydrogens (tertiary/aromatic N) is 5. The third-order valence-electron chi connectivity index (χ3n) is 9.62. The van der Waals surface area contributed by atoms with E-state index in [4.69, 9.17) is 19.2 Å². The van der Waals surface area contributed by atoms with Crippen LogP contribution >= 0.6 is 0 Å². The molecule has 12 heteroatoms. The number of phenolic OH excluding ortho intramolecular Hbond substituents is 1. The van der Waals surface area contributed by atoms with Crippen molar-refractivity contribution in [2.24, 2.45) is 0 Å². The van der Waals surface area contributed by atoms with Gasteiger partial charge < -0.3 is 24.2 Å². The molecule has 3 atom stereocenters. The van der Waals surface area contributed by atoms with E-state index in [9.17, 15) is 9.50 Å². The molecule has 2 aromatic heterocycles. The molecule has 44 heavy (non-hydrogen) atoms. The molecule has 1 unspecified atom stereocenters. The van der Waals surface area contributed by atoms with E-state index in [-0.39, 0.29) is 53.7 Å². The van der Waals surface area contributed by atoms with Crippen molar-refractivity contribution >= 4 is 27.5 Å². The van der Waals surface area contributed by atoms with Gasteiger partial charge in [0.15, 0.2) is 5.82 Å². The van der Waals surface area contributed by atoms with Crippen molar-refractivity contribution in [2.45, 2.75) is 50.4 Å². The lowest BCUT2D eigenvalue weighted by atomic mass is 9.94. The average molecular weight is 608 g/mol. The van der Waals surface area contributed by atoms with E-state index < -0.39 is 23.3 Å². The van der Waals surface area contributed by atoms with Gasteiger partial charge in [0.05, 0.1) is 24.8 Å². The van der Waals surface area contributed by atoms with Crippen LogP contribution in [0.1, 0.15) is 31.7 Å². The molecule has 4 aliphatic rings. The number of pyridine rings is 1. The third-order valence-corrected chi connectivity index (χ3v) is 9.62. The summed E-state index contributed by atoms with van der Waals surface area (Å²) in [7, 11) is 0. The number of anilines is 1. The monoisotopic (exact) mass is 607 g/mol. The van der Waals surface area contributed by atoms with Crippen molar-refractivity contribution in [3.63, 3.8) is 0 Å². The molecule has 0 amide bonds. The van der Waals surface area contributed by atoms with Gasteiger partial charge in [0, 0.05) is 25.1 Å². The Morgan fingerprint density at radius 1 is 1.11 bits per heavy atom.